The van der Waals surface area contributed by atoms with Gasteiger partial charge in [-0.15, -0.1) is 0 Å². The Kier molecular flexibility index (Phi) is 2.85. The lowest BCUT2D eigenvalue weighted by Gasteiger charge is -2.62. The topological polar surface area (TPSA) is 12.2 Å². The summed E-state index contributed by atoms with van der Waals surface area (Å²) in [6.45, 7) is 12.7. The molecule has 0 amide bonds. The summed E-state index contributed by atoms with van der Waals surface area (Å²) in [6, 6.07) is 0.593. The first kappa shape index (κ1) is 13.2. The predicted molar refractivity (Wildman–Crippen MR) is 78.5 cm³/mol. The van der Waals surface area contributed by atoms with E-state index in [0.717, 1.165) is 18.4 Å². The molecule has 0 radical (unpaired) electrons. The highest BCUT2D eigenvalue weighted by Crippen LogP contribution is 2.65. The first-order valence-electron chi connectivity index (χ1n) is 7.90. The molecule has 0 spiro atoms. The minimum Gasteiger partial charge on any atom is -0.431 e. The van der Waals surface area contributed by atoms with Gasteiger partial charge in [-0.3, -0.25) is 0 Å². The molecule has 1 heterocycles. The van der Waals surface area contributed by atoms with Crippen LogP contribution in [0.4, 0.5) is 0 Å². The van der Waals surface area contributed by atoms with Crippen molar-refractivity contribution < 1.29 is 9.31 Å². The predicted octanol–water partition coefficient (Wildman–Crippen LogP) is 3.61. The molecule has 0 N–H and O–H groups in total. The Morgan fingerprint density at radius 3 is 2.63 bits per heavy atom. The van der Waals surface area contributed by atoms with E-state index in [9.17, 15) is 0 Å². The molecule has 3 fully saturated rings. The molecule has 2 bridgehead atoms. The van der Waals surface area contributed by atoms with E-state index in [-0.39, 0.29) is 5.60 Å². The molecule has 3 aliphatic carbocycles. The van der Waals surface area contributed by atoms with Crippen LogP contribution in [0, 0.1) is 17.3 Å². The second-order valence-electron chi connectivity index (χ2n) is 7.38. The summed E-state index contributed by atoms with van der Waals surface area (Å²) in [5.41, 5.74) is 0.497. The van der Waals surface area contributed by atoms with Crippen LogP contribution in [0.2, 0.25) is 0 Å². The molecule has 4 rings (SSSR count). The van der Waals surface area contributed by atoms with Gasteiger partial charge in [0.15, 0.2) is 11.6 Å². The van der Waals surface area contributed by atoms with Gasteiger partial charge in [-0.1, -0.05) is 26.8 Å². The van der Waals surface area contributed by atoms with E-state index >= 15 is 0 Å². The molecule has 0 aromatic rings. The van der Waals surface area contributed by atoms with Gasteiger partial charge in [0.05, 0.1) is 0 Å². The van der Waals surface area contributed by atoms with Gasteiger partial charge in [-0.2, -0.15) is 4.58 Å². The lowest BCUT2D eigenvalue weighted by molar-refractivity contribution is -0.577. The van der Waals surface area contributed by atoms with E-state index in [0.29, 0.717) is 17.4 Å². The Morgan fingerprint density at radius 1 is 1.32 bits per heavy atom. The second kappa shape index (κ2) is 4.10. The first-order chi connectivity index (χ1) is 8.95. The third kappa shape index (κ3) is 1.58. The number of hydrogen-bond acceptors (Lipinski definition) is 1. The SMILES string of the molecule is C/C=C/C1=[N+](CCC)C2C[C@H]3C[C@@H](C2(C)O1)C3(C)C. The summed E-state index contributed by atoms with van der Waals surface area (Å²) in [4.78, 5) is 0. The van der Waals surface area contributed by atoms with Gasteiger partial charge < -0.3 is 4.74 Å². The fraction of sp³-hybridized carbons (Fsp3) is 0.824. The van der Waals surface area contributed by atoms with Gasteiger partial charge in [-0.05, 0) is 31.6 Å². The van der Waals surface area contributed by atoms with Crippen molar-refractivity contribution in [3.63, 3.8) is 0 Å². The monoisotopic (exact) mass is 262 g/mol. The summed E-state index contributed by atoms with van der Waals surface area (Å²) < 4.78 is 9.04. The van der Waals surface area contributed by atoms with Crippen molar-refractivity contribution in [1.82, 2.24) is 0 Å². The van der Waals surface area contributed by atoms with Crippen molar-refractivity contribution in [2.24, 2.45) is 17.3 Å². The molecular formula is C17H28NO+. The van der Waals surface area contributed by atoms with Gasteiger partial charge in [0.1, 0.15) is 6.54 Å². The van der Waals surface area contributed by atoms with Crippen LogP contribution in [0.25, 0.3) is 0 Å². The molecule has 4 aliphatic rings. The van der Waals surface area contributed by atoms with Crippen LogP contribution in [-0.2, 0) is 4.74 Å². The van der Waals surface area contributed by atoms with E-state index in [1.54, 1.807) is 0 Å². The van der Waals surface area contributed by atoms with Gasteiger partial charge in [0, 0.05) is 24.8 Å². The summed E-state index contributed by atoms with van der Waals surface area (Å²) in [7, 11) is 0. The fourth-order valence-electron chi connectivity index (χ4n) is 4.92. The molecule has 0 aromatic heterocycles. The third-order valence-corrected chi connectivity index (χ3v) is 6.09. The quantitative estimate of drug-likeness (QED) is 0.708. The maximum atomic E-state index is 6.50. The molecule has 106 valence electrons. The number of rotatable bonds is 3. The first-order valence-corrected chi connectivity index (χ1v) is 7.90. The lowest BCUT2D eigenvalue weighted by Crippen LogP contribution is -2.67. The van der Waals surface area contributed by atoms with Crippen LogP contribution < -0.4 is 0 Å². The maximum Gasteiger partial charge on any atom is 0.363 e. The van der Waals surface area contributed by atoms with E-state index < -0.39 is 0 Å². The fourth-order valence-corrected chi connectivity index (χ4v) is 4.92. The van der Waals surface area contributed by atoms with Crippen LogP contribution in [-0.4, -0.2) is 28.7 Å². The minimum absolute atomic E-state index is 0.0300. The standard InChI is InChI=1S/C17H28NO/c1-6-8-15-18(9-7-2)14-11-12-10-13(16(12,3)4)17(14,5)19-15/h6,8,12-14H,7,9-11H2,1-5H3/q+1/b8-6+/t12-,13-,14?,17?/m1/s1. The Labute approximate surface area is 117 Å². The van der Waals surface area contributed by atoms with Crippen molar-refractivity contribution in [1.29, 1.82) is 0 Å². The molecule has 0 aromatic carbocycles. The summed E-state index contributed by atoms with van der Waals surface area (Å²) in [5, 5.41) is 0. The zero-order valence-corrected chi connectivity index (χ0v) is 13.1. The van der Waals surface area contributed by atoms with Gasteiger partial charge in [0.2, 0.25) is 0 Å². The van der Waals surface area contributed by atoms with Crippen molar-refractivity contribution in [3.8, 4) is 0 Å². The molecule has 0 saturated heterocycles. The molecule has 4 atom stereocenters. The normalized spacial score (nSPS) is 43.1. The van der Waals surface area contributed by atoms with Crippen LogP contribution >= 0.6 is 0 Å². The Balaban J connectivity index is 1.96. The number of hydrogen-bond donors (Lipinski definition) is 0. The van der Waals surface area contributed by atoms with Crippen molar-refractivity contribution in [3.05, 3.63) is 12.2 Å². The largest absolute Gasteiger partial charge is 0.431 e. The Hall–Kier alpha value is -0.790. The average molecular weight is 262 g/mol. The Morgan fingerprint density at radius 2 is 2.05 bits per heavy atom. The van der Waals surface area contributed by atoms with Crippen LogP contribution in [0.5, 0.6) is 0 Å². The van der Waals surface area contributed by atoms with Crippen molar-refractivity contribution in [2.75, 3.05) is 6.54 Å². The molecule has 2 heteroatoms. The van der Waals surface area contributed by atoms with Gasteiger partial charge in [-0.25, -0.2) is 0 Å². The Bertz CT molecular complexity index is 448. The van der Waals surface area contributed by atoms with E-state index in [4.69, 9.17) is 4.74 Å². The molecule has 2 unspecified atom stereocenters. The van der Waals surface area contributed by atoms with Crippen LogP contribution in [0.1, 0.15) is 53.9 Å². The van der Waals surface area contributed by atoms with Gasteiger partial charge in [0.25, 0.3) is 0 Å². The second-order valence-corrected chi connectivity index (χ2v) is 7.38. The van der Waals surface area contributed by atoms with Crippen molar-refractivity contribution >= 4 is 5.90 Å². The molecular weight excluding hydrogens is 234 g/mol. The highest BCUT2D eigenvalue weighted by atomic mass is 16.5. The summed E-state index contributed by atoms with van der Waals surface area (Å²) >= 11 is 0. The zero-order valence-electron chi connectivity index (χ0n) is 13.1. The highest BCUT2D eigenvalue weighted by Gasteiger charge is 2.71. The summed E-state index contributed by atoms with van der Waals surface area (Å²) in [5.74, 6) is 2.72. The molecule has 3 saturated carbocycles. The lowest BCUT2D eigenvalue weighted by atomic mass is 9.43. The zero-order chi connectivity index (χ0) is 13.8. The van der Waals surface area contributed by atoms with Crippen LogP contribution in [0.3, 0.4) is 0 Å². The maximum absolute atomic E-state index is 6.50. The molecule has 19 heavy (non-hydrogen) atoms. The minimum atomic E-state index is 0.0300. The highest BCUT2D eigenvalue weighted by molar-refractivity contribution is 5.84. The van der Waals surface area contributed by atoms with Gasteiger partial charge >= 0.3 is 5.90 Å². The van der Waals surface area contributed by atoms with E-state index in [1.165, 1.54) is 19.3 Å². The van der Waals surface area contributed by atoms with Crippen molar-refractivity contribution in [2.45, 2.75) is 65.5 Å². The smallest absolute Gasteiger partial charge is 0.363 e. The summed E-state index contributed by atoms with van der Waals surface area (Å²) in [6.07, 6.45) is 8.12. The molecule has 2 nitrogen and oxygen atoms in total. The van der Waals surface area contributed by atoms with Crippen LogP contribution in [0.15, 0.2) is 12.2 Å². The number of ether oxygens (including phenoxy) is 1. The van der Waals surface area contributed by atoms with E-state index in [1.807, 2.05) is 0 Å². The number of nitrogens with zero attached hydrogens (tertiary/aromatic N) is 1. The number of allylic oxidation sites excluding steroid dienone is 1. The molecule has 1 aliphatic heterocycles. The average Bonchev–Trinajstić information content (AvgIpc) is 2.62. The van der Waals surface area contributed by atoms with E-state index in [2.05, 4.69) is 51.3 Å². The third-order valence-electron chi connectivity index (χ3n) is 6.09.